The molecule has 6 heteroatoms. The van der Waals surface area contributed by atoms with E-state index >= 15 is 0 Å². The molecular formula is C19H22N2O3S. The van der Waals surface area contributed by atoms with E-state index in [9.17, 15) is 9.59 Å². The van der Waals surface area contributed by atoms with E-state index in [1.807, 2.05) is 24.3 Å². The van der Waals surface area contributed by atoms with Crippen LogP contribution in [-0.4, -0.2) is 24.1 Å². The van der Waals surface area contributed by atoms with Gasteiger partial charge in [-0.25, -0.2) is 0 Å². The van der Waals surface area contributed by atoms with Gasteiger partial charge in [-0.15, -0.1) is 11.8 Å². The van der Waals surface area contributed by atoms with Crippen molar-refractivity contribution in [2.24, 2.45) is 0 Å². The largest absolute Gasteiger partial charge is 0.454 e. The molecule has 0 aliphatic carbocycles. The Morgan fingerprint density at radius 2 is 2.08 bits per heavy atom. The molecule has 0 atom stereocenters. The van der Waals surface area contributed by atoms with Crippen LogP contribution in [0, 0.1) is 0 Å². The normalized spacial score (nSPS) is 13.6. The molecule has 0 spiro atoms. The van der Waals surface area contributed by atoms with Gasteiger partial charge in [-0.3, -0.25) is 9.59 Å². The van der Waals surface area contributed by atoms with Crippen molar-refractivity contribution in [2.45, 2.75) is 37.6 Å². The van der Waals surface area contributed by atoms with E-state index in [1.54, 1.807) is 28.8 Å². The Morgan fingerprint density at radius 3 is 2.92 bits per heavy atom. The number of anilines is 1. The molecule has 1 aliphatic heterocycles. The molecule has 0 radical (unpaired) electrons. The number of para-hydroxylation sites is 1. The molecule has 1 aromatic carbocycles. The second-order valence-corrected chi connectivity index (χ2v) is 6.98. The number of amides is 2. The average Bonchev–Trinajstić information content (AvgIpc) is 3.10. The summed E-state index contributed by atoms with van der Waals surface area (Å²) in [5.41, 5.74) is 0.894. The van der Waals surface area contributed by atoms with Crippen LogP contribution in [0.3, 0.4) is 0 Å². The summed E-state index contributed by atoms with van der Waals surface area (Å²) in [7, 11) is 0. The van der Waals surface area contributed by atoms with E-state index < -0.39 is 0 Å². The van der Waals surface area contributed by atoms with Gasteiger partial charge in [-0.2, -0.15) is 0 Å². The first kappa shape index (κ1) is 17.6. The summed E-state index contributed by atoms with van der Waals surface area (Å²) >= 11 is 1.55. The lowest BCUT2D eigenvalue weighted by Gasteiger charge is -2.28. The van der Waals surface area contributed by atoms with Crippen molar-refractivity contribution in [3.63, 3.8) is 0 Å². The molecule has 0 saturated carbocycles. The molecule has 3 rings (SSSR count). The minimum Gasteiger partial charge on any atom is -0.454 e. The highest BCUT2D eigenvalue weighted by Gasteiger charge is 2.25. The number of hydrogen-bond acceptors (Lipinski definition) is 4. The zero-order valence-corrected chi connectivity index (χ0v) is 15.1. The van der Waals surface area contributed by atoms with Crippen molar-refractivity contribution in [3.8, 4) is 0 Å². The number of nitrogens with one attached hydrogen (secondary N) is 1. The third-order valence-electron chi connectivity index (χ3n) is 4.07. The lowest BCUT2D eigenvalue weighted by Crippen LogP contribution is -2.34. The maximum Gasteiger partial charge on any atom is 0.286 e. The maximum absolute atomic E-state index is 12.3. The van der Waals surface area contributed by atoms with E-state index in [1.165, 1.54) is 0 Å². The summed E-state index contributed by atoms with van der Waals surface area (Å²) in [5, 5.41) is 2.86. The van der Waals surface area contributed by atoms with Gasteiger partial charge in [0.1, 0.15) is 5.76 Å². The van der Waals surface area contributed by atoms with E-state index in [-0.39, 0.29) is 11.8 Å². The van der Waals surface area contributed by atoms with Gasteiger partial charge in [-0.1, -0.05) is 31.9 Å². The molecule has 0 bridgehead atoms. The molecule has 2 heterocycles. The van der Waals surface area contributed by atoms with Gasteiger partial charge in [0, 0.05) is 11.4 Å². The summed E-state index contributed by atoms with van der Waals surface area (Å²) in [6, 6.07) is 11.3. The van der Waals surface area contributed by atoms with Crippen LogP contribution in [0.15, 0.2) is 45.7 Å². The minimum absolute atomic E-state index is 0.0469. The molecule has 2 amide bonds. The fraction of sp³-hybridized carbons (Fsp3) is 0.368. The zero-order chi connectivity index (χ0) is 17.6. The predicted octanol–water partition coefficient (Wildman–Crippen LogP) is 3.84. The Morgan fingerprint density at radius 1 is 1.24 bits per heavy atom. The van der Waals surface area contributed by atoms with Crippen molar-refractivity contribution in [3.05, 3.63) is 47.9 Å². The highest BCUT2D eigenvalue weighted by molar-refractivity contribution is 8.00. The standard InChI is InChI=1S/C19H22N2O3S/c1-2-3-6-11-20-19(23)16-10-9-14(24-16)12-21-15-7-4-5-8-17(15)25-13-18(21)22/h4-5,7-10H,2-3,6,11-13H2,1H3,(H,20,23). The summed E-state index contributed by atoms with van der Waals surface area (Å²) < 4.78 is 5.66. The Labute approximate surface area is 151 Å². The van der Waals surface area contributed by atoms with Gasteiger partial charge in [0.2, 0.25) is 5.91 Å². The molecular weight excluding hydrogens is 336 g/mol. The SMILES string of the molecule is CCCCCNC(=O)c1ccc(CN2C(=O)CSc3ccccc32)o1. The second-order valence-electron chi connectivity index (χ2n) is 5.97. The van der Waals surface area contributed by atoms with E-state index in [0.717, 1.165) is 29.8 Å². The van der Waals surface area contributed by atoms with Crippen molar-refractivity contribution < 1.29 is 14.0 Å². The molecule has 1 N–H and O–H groups in total. The van der Waals surface area contributed by atoms with Crippen molar-refractivity contribution >= 4 is 29.3 Å². The van der Waals surface area contributed by atoms with Crippen LogP contribution in [0.5, 0.6) is 0 Å². The van der Waals surface area contributed by atoms with Gasteiger partial charge in [0.05, 0.1) is 18.0 Å². The van der Waals surface area contributed by atoms with Crippen LogP contribution in [0.25, 0.3) is 0 Å². The number of carbonyl (C=O) groups excluding carboxylic acids is 2. The first-order valence-corrected chi connectivity index (χ1v) is 9.56. The Balaban J connectivity index is 1.65. The van der Waals surface area contributed by atoms with E-state index in [2.05, 4.69) is 12.2 Å². The number of unbranched alkanes of at least 4 members (excludes halogenated alkanes) is 2. The first-order valence-electron chi connectivity index (χ1n) is 8.58. The summed E-state index contributed by atoms with van der Waals surface area (Å²) in [4.78, 5) is 27.2. The van der Waals surface area contributed by atoms with Crippen LogP contribution in [0.1, 0.15) is 42.5 Å². The Kier molecular flexibility index (Phi) is 5.81. The molecule has 0 unspecified atom stereocenters. The summed E-state index contributed by atoms with van der Waals surface area (Å²) in [6.45, 7) is 3.11. The van der Waals surface area contributed by atoms with E-state index in [0.29, 0.717) is 30.4 Å². The highest BCUT2D eigenvalue weighted by Crippen LogP contribution is 2.35. The van der Waals surface area contributed by atoms with E-state index in [4.69, 9.17) is 4.42 Å². The lowest BCUT2D eigenvalue weighted by molar-refractivity contribution is -0.116. The molecule has 5 nitrogen and oxygen atoms in total. The monoisotopic (exact) mass is 358 g/mol. The van der Waals surface area contributed by atoms with Crippen molar-refractivity contribution in [1.82, 2.24) is 5.32 Å². The number of furan rings is 1. The molecule has 1 aromatic heterocycles. The molecule has 25 heavy (non-hydrogen) atoms. The van der Waals surface area contributed by atoms with Crippen LogP contribution in [-0.2, 0) is 11.3 Å². The smallest absolute Gasteiger partial charge is 0.286 e. The number of fused-ring (bicyclic) bond motifs is 1. The zero-order valence-electron chi connectivity index (χ0n) is 14.3. The number of rotatable bonds is 7. The van der Waals surface area contributed by atoms with Crippen LogP contribution >= 0.6 is 11.8 Å². The maximum atomic E-state index is 12.3. The van der Waals surface area contributed by atoms with Gasteiger partial charge >= 0.3 is 0 Å². The number of thioether (sulfide) groups is 1. The van der Waals surface area contributed by atoms with Crippen LogP contribution in [0.2, 0.25) is 0 Å². The third kappa shape index (κ3) is 4.25. The second kappa shape index (κ2) is 8.25. The Bertz CT molecular complexity index is 757. The highest BCUT2D eigenvalue weighted by atomic mass is 32.2. The molecule has 0 fully saturated rings. The van der Waals surface area contributed by atoms with Crippen molar-refractivity contribution in [2.75, 3.05) is 17.2 Å². The quantitative estimate of drug-likeness (QED) is 0.764. The topological polar surface area (TPSA) is 62.6 Å². The summed E-state index contributed by atoms with van der Waals surface area (Å²) in [6.07, 6.45) is 3.18. The van der Waals surface area contributed by atoms with Crippen LogP contribution < -0.4 is 10.2 Å². The fourth-order valence-corrected chi connectivity index (χ4v) is 3.67. The lowest BCUT2D eigenvalue weighted by atomic mass is 10.2. The molecule has 0 saturated heterocycles. The predicted molar refractivity (Wildman–Crippen MR) is 98.9 cm³/mol. The fourth-order valence-electron chi connectivity index (χ4n) is 2.73. The number of nitrogens with zero attached hydrogens (tertiary/aromatic N) is 1. The Hall–Kier alpha value is -2.21. The van der Waals surface area contributed by atoms with Crippen molar-refractivity contribution in [1.29, 1.82) is 0 Å². The molecule has 132 valence electrons. The van der Waals surface area contributed by atoms with Gasteiger partial charge in [0.15, 0.2) is 5.76 Å². The average molecular weight is 358 g/mol. The number of benzene rings is 1. The summed E-state index contributed by atoms with van der Waals surface area (Å²) in [5.74, 6) is 1.16. The van der Waals surface area contributed by atoms with Gasteiger partial charge in [0.25, 0.3) is 5.91 Å². The third-order valence-corrected chi connectivity index (χ3v) is 5.12. The minimum atomic E-state index is -0.205. The van der Waals surface area contributed by atoms with Gasteiger partial charge in [-0.05, 0) is 30.7 Å². The number of carbonyl (C=O) groups is 2. The van der Waals surface area contributed by atoms with Crippen LogP contribution in [0.4, 0.5) is 5.69 Å². The van der Waals surface area contributed by atoms with Gasteiger partial charge < -0.3 is 14.6 Å². The molecule has 1 aliphatic rings. The molecule has 2 aromatic rings. The number of hydrogen-bond donors (Lipinski definition) is 1. The first-order chi connectivity index (χ1) is 12.2.